The lowest BCUT2D eigenvalue weighted by Gasteiger charge is -2.18. The molecule has 2 aromatic carbocycles. The van der Waals surface area contributed by atoms with Gasteiger partial charge in [0.05, 0.1) is 18.6 Å². The van der Waals surface area contributed by atoms with Crippen molar-refractivity contribution in [2.75, 3.05) is 18.9 Å². The van der Waals surface area contributed by atoms with E-state index >= 15 is 0 Å². The van der Waals surface area contributed by atoms with Gasteiger partial charge in [-0.25, -0.2) is 8.42 Å². The number of amides is 1. The van der Waals surface area contributed by atoms with Crippen LogP contribution in [0.5, 0.6) is 5.75 Å². The number of aromatic nitrogens is 1. The van der Waals surface area contributed by atoms with E-state index in [0.717, 1.165) is 0 Å². The Bertz CT molecular complexity index is 1150. The normalized spacial score (nSPS) is 11.2. The number of carbonyl (C=O) groups excluding carboxylic acids is 1. The van der Waals surface area contributed by atoms with Crippen LogP contribution in [-0.2, 0) is 16.6 Å². The molecule has 3 rings (SSSR count). The third kappa shape index (κ3) is 4.80. The highest BCUT2D eigenvalue weighted by atomic mass is 32.2. The molecule has 3 aromatic rings. The van der Waals surface area contributed by atoms with Gasteiger partial charge in [-0.1, -0.05) is 11.2 Å². The smallest absolute Gasteiger partial charge is 0.261 e. The first-order chi connectivity index (χ1) is 14.2. The van der Waals surface area contributed by atoms with Gasteiger partial charge in [0.1, 0.15) is 17.2 Å². The molecular formula is C21H23N3O5S. The second kappa shape index (κ2) is 8.58. The summed E-state index contributed by atoms with van der Waals surface area (Å²) in [5.74, 6) is 0.959. The highest BCUT2D eigenvalue weighted by Gasteiger charge is 2.21. The van der Waals surface area contributed by atoms with Gasteiger partial charge in [0.25, 0.3) is 15.9 Å². The number of rotatable bonds is 7. The van der Waals surface area contributed by atoms with Gasteiger partial charge in [-0.2, -0.15) is 0 Å². The zero-order valence-electron chi connectivity index (χ0n) is 17.2. The quantitative estimate of drug-likeness (QED) is 0.618. The van der Waals surface area contributed by atoms with E-state index in [1.807, 2.05) is 0 Å². The molecule has 158 valence electrons. The van der Waals surface area contributed by atoms with Crippen LogP contribution in [0.3, 0.4) is 0 Å². The highest BCUT2D eigenvalue weighted by Crippen LogP contribution is 2.22. The molecule has 9 heteroatoms. The summed E-state index contributed by atoms with van der Waals surface area (Å²) in [5, 5.41) is 3.89. The zero-order chi connectivity index (χ0) is 21.9. The predicted molar refractivity (Wildman–Crippen MR) is 112 cm³/mol. The Morgan fingerprint density at radius 3 is 2.43 bits per heavy atom. The van der Waals surface area contributed by atoms with Crippen molar-refractivity contribution < 1.29 is 22.5 Å². The molecule has 8 nitrogen and oxygen atoms in total. The number of hydrogen-bond donors (Lipinski definition) is 1. The van der Waals surface area contributed by atoms with E-state index in [2.05, 4.69) is 9.88 Å². The number of nitrogens with zero attached hydrogens (tertiary/aromatic N) is 2. The van der Waals surface area contributed by atoms with Gasteiger partial charge in [0, 0.05) is 24.4 Å². The Morgan fingerprint density at radius 1 is 1.13 bits per heavy atom. The summed E-state index contributed by atoms with van der Waals surface area (Å²) in [7, 11) is -0.716. The van der Waals surface area contributed by atoms with Crippen LogP contribution in [0.1, 0.15) is 27.4 Å². The maximum Gasteiger partial charge on any atom is 0.261 e. The van der Waals surface area contributed by atoms with E-state index in [0.29, 0.717) is 34.0 Å². The standard InChI is InChI=1S/C21H23N3O5S/c1-14-5-10-19(30(26,27)23-16-6-8-18(28-4)9-7-16)12-20(14)21(25)24(3)13-17-11-15(2)29-22-17/h5-12,23H,13H2,1-4H3. The first-order valence-electron chi connectivity index (χ1n) is 9.15. The fraction of sp³-hybridized carbons (Fsp3) is 0.238. The Balaban J connectivity index is 1.83. The summed E-state index contributed by atoms with van der Waals surface area (Å²) in [6.45, 7) is 3.78. The number of hydrogen-bond acceptors (Lipinski definition) is 6. The van der Waals surface area contributed by atoms with Crippen LogP contribution >= 0.6 is 0 Å². The second-order valence-electron chi connectivity index (χ2n) is 6.90. The van der Waals surface area contributed by atoms with E-state index in [1.165, 1.54) is 24.1 Å². The fourth-order valence-electron chi connectivity index (χ4n) is 2.88. The van der Waals surface area contributed by atoms with Crippen molar-refractivity contribution in [1.29, 1.82) is 0 Å². The molecule has 30 heavy (non-hydrogen) atoms. The number of aryl methyl sites for hydroxylation is 2. The summed E-state index contributed by atoms with van der Waals surface area (Å²) in [6.07, 6.45) is 0. The molecule has 0 aliphatic rings. The SMILES string of the molecule is COc1ccc(NS(=O)(=O)c2ccc(C)c(C(=O)N(C)Cc3cc(C)on3)c2)cc1. The lowest BCUT2D eigenvalue weighted by atomic mass is 10.1. The molecule has 1 heterocycles. The van der Waals surface area contributed by atoms with Crippen LogP contribution < -0.4 is 9.46 Å². The highest BCUT2D eigenvalue weighted by molar-refractivity contribution is 7.92. The molecule has 0 saturated carbocycles. The third-order valence-electron chi connectivity index (χ3n) is 4.51. The van der Waals surface area contributed by atoms with Crippen LogP contribution in [0, 0.1) is 13.8 Å². The molecule has 0 aliphatic carbocycles. The first kappa shape index (κ1) is 21.4. The van der Waals surface area contributed by atoms with E-state index in [4.69, 9.17) is 9.26 Å². The monoisotopic (exact) mass is 429 g/mol. The Kier molecular flexibility index (Phi) is 6.12. The van der Waals surface area contributed by atoms with Crippen LogP contribution in [0.25, 0.3) is 0 Å². The minimum atomic E-state index is -3.88. The summed E-state index contributed by atoms with van der Waals surface area (Å²) in [6, 6.07) is 12.7. The minimum Gasteiger partial charge on any atom is -0.497 e. The second-order valence-corrected chi connectivity index (χ2v) is 8.58. The fourth-order valence-corrected chi connectivity index (χ4v) is 3.97. The van der Waals surface area contributed by atoms with Crippen molar-refractivity contribution in [3.63, 3.8) is 0 Å². The van der Waals surface area contributed by atoms with Crippen molar-refractivity contribution in [3.05, 3.63) is 71.1 Å². The van der Waals surface area contributed by atoms with Crippen molar-refractivity contribution in [1.82, 2.24) is 10.1 Å². The molecule has 1 amide bonds. The van der Waals surface area contributed by atoms with Gasteiger partial charge in [-0.3, -0.25) is 9.52 Å². The number of carbonyl (C=O) groups is 1. The van der Waals surface area contributed by atoms with Gasteiger partial charge >= 0.3 is 0 Å². The van der Waals surface area contributed by atoms with E-state index in [9.17, 15) is 13.2 Å². The van der Waals surface area contributed by atoms with Gasteiger partial charge < -0.3 is 14.2 Å². The van der Waals surface area contributed by atoms with Gasteiger partial charge in [-0.15, -0.1) is 0 Å². The lowest BCUT2D eigenvalue weighted by molar-refractivity contribution is 0.0781. The van der Waals surface area contributed by atoms with Crippen molar-refractivity contribution >= 4 is 21.6 Å². The summed E-state index contributed by atoms with van der Waals surface area (Å²) >= 11 is 0. The summed E-state index contributed by atoms with van der Waals surface area (Å²) < 4.78 is 38.2. The van der Waals surface area contributed by atoms with Gasteiger partial charge in [0.15, 0.2) is 0 Å². The average Bonchev–Trinajstić information content (AvgIpc) is 3.12. The average molecular weight is 429 g/mol. The molecule has 0 fully saturated rings. The van der Waals surface area contributed by atoms with Gasteiger partial charge in [0.2, 0.25) is 0 Å². The van der Waals surface area contributed by atoms with E-state index < -0.39 is 10.0 Å². The topological polar surface area (TPSA) is 102 Å². The number of anilines is 1. The lowest BCUT2D eigenvalue weighted by Crippen LogP contribution is -2.27. The van der Waals surface area contributed by atoms with Gasteiger partial charge in [-0.05, 0) is 55.8 Å². The first-order valence-corrected chi connectivity index (χ1v) is 10.6. The van der Waals surface area contributed by atoms with Crippen LogP contribution in [0.2, 0.25) is 0 Å². The summed E-state index contributed by atoms with van der Waals surface area (Å²) in [5.41, 5.74) is 1.98. The maximum absolute atomic E-state index is 12.9. The molecule has 1 aromatic heterocycles. The van der Waals surface area contributed by atoms with E-state index in [1.54, 1.807) is 57.3 Å². The largest absolute Gasteiger partial charge is 0.497 e. The van der Waals surface area contributed by atoms with E-state index in [-0.39, 0.29) is 17.3 Å². The molecule has 0 aliphatic heterocycles. The molecule has 1 N–H and O–H groups in total. The molecular weight excluding hydrogens is 406 g/mol. The van der Waals surface area contributed by atoms with Crippen molar-refractivity contribution in [2.24, 2.45) is 0 Å². The summed E-state index contributed by atoms with van der Waals surface area (Å²) in [4.78, 5) is 14.4. The maximum atomic E-state index is 12.9. The van der Waals surface area contributed by atoms with Crippen LogP contribution in [-0.4, -0.2) is 38.5 Å². The Morgan fingerprint density at radius 2 is 1.83 bits per heavy atom. The van der Waals surface area contributed by atoms with Crippen molar-refractivity contribution in [3.8, 4) is 5.75 Å². The van der Waals surface area contributed by atoms with Crippen LogP contribution in [0.15, 0.2) is 57.9 Å². The Labute approximate surface area is 175 Å². The molecule has 0 spiro atoms. The Hall–Kier alpha value is -3.33. The predicted octanol–water partition coefficient (Wildman–Crippen LogP) is 3.37. The molecule has 0 bridgehead atoms. The van der Waals surface area contributed by atoms with Crippen molar-refractivity contribution in [2.45, 2.75) is 25.3 Å². The molecule has 0 saturated heterocycles. The molecule has 0 atom stereocenters. The third-order valence-corrected chi connectivity index (χ3v) is 5.89. The number of methoxy groups -OCH3 is 1. The molecule has 0 radical (unpaired) electrons. The minimum absolute atomic E-state index is 0.00190. The van der Waals surface area contributed by atoms with Crippen LogP contribution in [0.4, 0.5) is 5.69 Å². The number of sulfonamides is 1. The zero-order valence-corrected chi connectivity index (χ0v) is 18.0. The number of ether oxygens (including phenoxy) is 1. The number of nitrogens with one attached hydrogen (secondary N) is 1. The number of benzene rings is 2. The molecule has 0 unspecified atom stereocenters.